The van der Waals surface area contributed by atoms with Crippen LogP contribution in [0, 0.1) is 0 Å². The van der Waals surface area contributed by atoms with Crippen molar-refractivity contribution >= 4 is 21.9 Å². The van der Waals surface area contributed by atoms with E-state index in [1.165, 1.54) is 0 Å². The molecular weight excluding hydrogens is 262 g/mol. The maximum Gasteiger partial charge on any atom is 0.325 e. The van der Waals surface area contributed by atoms with E-state index in [4.69, 9.17) is 15.6 Å². The van der Waals surface area contributed by atoms with Crippen molar-refractivity contribution in [3.05, 3.63) is 27.7 Å². The molecule has 1 unspecified atom stereocenters. The van der Waals surface area contributed by atoms with Crippen molar-refractivity contribution in [3.8, 4) is 5.75 Å². The van der Waals surface area contributed by atoms with Crippen molar-refractivity contribution in [2.75, 3.05) is 6.61 Å². The Hall–Kier alpha value is -1.07. The molecule has 0 aliphatic carbocycles. The van der Waals surface area contributed by atoms with E-state index < -0.39 is 12.0 Å². The standard InChI is InChI=1S/C10H10BrNO3/c11-6-3-5-1-2-15-9(5)7(4-6)8(12)10(13)14/h3-4,8H,1-2,12H2,(H,13,14). The lowest BCUT2D eigenvalue weighted by atomic mass is 10.0. The quantitative estimate of drug-likeness (QED) is 0.855. The van der Waals surface area contributed by atoms with Gasteiger partial charge in [-0.3, -0.25) is 4.79 Å². The topological polar surface area (TPSA) is 72.6 Å². The van der Waals surface area contributed by atoms with Crippen LogP contribution < -0.4 is 10.5 Å². The number of ether oxygens (including phenoxy) is 1. The van der Waals surface area contributed by atoms with E-state index in [0.29, 0.717) is 17.9 Å². The smallest absolute Gasteiger partial charge is 0.325 e. The second-order valence-corrected chi connectivity index (χ2v) is 4.31. The van der Waals surface area contributed by atoms with Gasteiger partial charge in [0.25, 0.3) is 0 Å². The Morgan fingerprint density at radius 3 is 3.00 bits per heavy atom. The van der Waals surface area contributed by atoms with Gasteiger partial charge in [-0.05, 0) is 17.7 Å². The van der Waals surface area contributed by atoms with Crippen molar-refractivity contribution in [1.82, 2.24) is 0 Å². The zero-order chi connectivity index (χ0) is 11.0. The van der Waals surface area contributed by atoms with Gasteiger partial charge in [0.15, 0.2) is 0 Å². The van der Waals surface area contributed by atoms with Crippen LogP contribution >= 0.6 is 15.9 Å². The first-order valence-electron chi connectivity index (χ1n) is 4.53. The molecule has 1 aliphatic rings. The summed E-state index contributed by atoms with van der Waals surface area (Å²) >= 11 is 3.33. The predicted molar refractivity (Wildman–Crippen MR) is 57.9 cm³/mol. The molecule has 0 spiro atoms. The van der Waals surface area contributed by atoms with E-state index in [1.807, 2.05) is 6.07 Å². The molecule has 0 saturated carbocycles. The maximum absolute atomic E-state index is 10.8. The Kier molecular flexibility index (Phi) is 2.67. The molecule has 0 amide bonds. The van der Waals surface area contributed by atoms with Crippen LogP contribution in [0.5, 0.6) is 5.75 Å². The number of aliphatic carboxylic acids is 1. The zero-order valence-electron chi connectivity index (χ0n) is 7.87. The number of halogens is 1. The van der Waals surface area contributed by atoms with Gasteiger partial charge >= 0.3 is 5.97 Å². The summed E-state index contributed by atoms with van der Waals surface area (Å²) in [4.78, 5) is 10.8. The highest BCUT2D eigenvalue weighted by atomic mass is 79.9. The van der Waals surface area contributed by atoms with Gasteiger partial charge in [0.05, 0.1) is 6.61 Å². The zero-order valence-corrected chi connectivity index (χ0v) is 9.45. The van der Waals surface area contributed by atoms with Crippen molar-refractivity contribution in [1.29, 1.82) is 0 Å². The molecule has 1 aromatic carbocycles. The summed E-state index contributed by atoms with van der Waals surface area (Å²) in [5.41, 5.74) is 7.12. The fourth-order valence-corrected chi connectivity index (χ4v) is 2.18. The number of carboxylic acid groups (broad SMARTS) is 1. The lowest BCUT2D eigenvalue weighted by Crippen LogP contribution is -2.21. The number of carboxylic acids is 1. The molecule has 0 bridgehead atoms. The highest BCUT2D eigenvalue weighted by Crippen LogP contribution is 2.35. The third-order valence-corrected chi connectivity index (χ3v) is 2.84. The van der Waals surface area contributed by atoms with Crippen molar-refractivity contribution in [2.24, 2.45) is 5.73 Å². The van der Waals surface area contributed by atoms with Gasteiger partial charge in [0, 0.05) is 16.5 Å². The number of nitrogens with two attached hydrogens (primary N) is 1. The number of fused-ring (bicyclic) bond motifs is 1. The van der Waals surface area contributed by atoms with Crippen LogP contribution in [0.25, 0.3) is 0 Å². The highest BCUT2D eigenvalue weighted by molar-refractivity contribution is 9.10. The van der Waals surface area contributed by atoms with Gasteiger partial charge in [0.2, 0.25) is 0 Å². The number of benzene rings is 1. The number of carbonyl (C=O) groups is 1. The molecule has 5 heteroatoms. The minimum Gasteiger partial charge on any atom is -0.493 e. The summed E-state index contributed by atoms with van der Waals surface area (Å²) < 4.78 is 6.22. The van der Waals surface area contributed by atoms with Crippen LogP contribution in [0.3, 0.4) is 0 Å². The molecule has 1 aromatic rings. The first-order chi connectivity index (χ1) is 7.09. The summed E-state index contributed by atoms with van der Waals surface area (Å²) in [5, 5.41) is 8.86. The van der Waals surface area contributed by atoms with Crippen LogP contribution in [-0.2, 0) is 11.2 Å². The Morgan fingerprint density at radius 1 is 1.60 bits per heavy atom. The van der Waals surface area contributed by atoms with E-state index in [0.717, 1.165) is 16.5 Å². The normalized spacial score (nSPS) is 15.6. The van der Waals surface area contributed by atoms with Gasteiger partial charge in [-0.25, -0.2) is 0 Å². The van der Waals surface area contributed by atoms with Gasteiger partial charge in [-0.2, -0.15) is 0 Å². The minimum absolute atomic E-state index is 0.532. The third kappa shape index (κ3) is 1.85. The van der Waals surface area contributed by atoms with Gasteiger partial charge in [-0.1, -0.05) is 15.9 Å². The summed E-state index contributed by atoms with van der Waals surface area (Å²) in [7, 11) is 0. The van der Waals surface area contributed by atoms with Crippen molar-refractivity contribution in [3.63, 3.8) is 0 Å². The Balaban J connectivity index is 2.51. The van der Waals surface area contributed by atoms with Crippen molar-refractivity contribution < 1.29 is 14.6 Å². The number of hydrogen-bond acceptors (Lipinski definition) is 3. The summed E-state index contributed by atoms with van der Waals surface area (Å²) in [6, 6.07) is 2.60. The van der Waals surface area contributed by atoms with Gasteiger partial charge < -0.3 is 15.6 Å². The Bertz CT molecular complexity index is 419. The van der Waals surface area contributed by atoms with Crippen molar-refractivity contribution in [2.45, 2.75) is 12.5 Å². The van der Waals surface area contributed by atoms with E-state index in [9.17, 15) is 4.79 Å². The SMILES string of the molecule is NC(C(=O)O)c1cc(Br)cc2c1OCC2. The highest BCUT2D eigenvalue weighted by Gasteiger charge is 2.24. The molecule has 3 N–H and O–H groups in total. The lowest BCUT2D eigenvalue weighted by Gasteiger charge is -2.12. The minimum atomic E-state index is -1.05. The molecule has 1 aliphatic heterocycles. The molecule has 80 valence electrons. The van der Waals surface area contributed by atoms with E-state index in [1.54, 1.807) is 6.07 Å². The molecule has 0 saturated heterocycles. The molecule has 15 heavy (non-hydrogen) atoms. The van der Waals surface area contributed by atoms with Gasteiger partial charge in [-0.15, -0.1) is 0 Å². The van der Waals surface area contributed by atoms with Crippen LogP contribution in [-0.4, -0.2) is 17.7 Å². The fourth-order valence-electron chi connectivity index (χ4n) is 1.66. The number of hydrogen-bond donors (Lipinski definition) is 2. The van der Waals surface area contributed by atoms with Gasteiger partial charge in [0.1, 0.15) is 11.8 Å². The fraction of sp³-hybridized carbons (Fsp3) is 0.300. The first kappa shape index (κ1) is 10.4. The van der Waals surface area contributed by atoms with Crippen LogP contribution in [0.4, 0.5) is 0 Å². The van der Waals surface area contributed by atoms with Crippen LogP contribution in [0.2, 0.25) is 0 Å². The summed E-state index contributed by atoms with van der Waals surface area (Å²) in [6.07, 6.45) is 0.800. The molecular formula is C10H10BrNO3. The molecule has 0 fully saturated rings. The second-order valence-electron chi connectivity index (χ2n) is 3.40. The third-order valence-electron chi connectivity index (χ3n) is 2.38. The molecule has 2 rings (SSSR count). The molecule has 0 radical (unpaired) electrons. The largest absolute Gasteiger partial charge is 0.493 e. The maximum atomic E-state index is 10.8. The van der Waals surface area contributed by atoms with Crippen LogP contribution in [0.15, 0.2) is 16.6 Å². The van der Waals surface area contributed by atoms with E-state index in [-0.39, 0.29) is 0 Å². The van der Waals surface area contributed by atoms with E-state index >= 15 is 0 Å². The Morgan fingerprint density at radius 2 is 2.33 bits per heavy atom. The monoisotopic (exact) mass is 271 g/mol. The average molecular weight is 272 g/mol. The average Bonchev–Trinajstić information content (AvgIpc) is 2.62. The molecule has 1 heterocycles. The predicted octanol–water partition coefficient (Wildman–Crippen LogP) is 1.47. The lowest BCUT2D eigenvalue weighted by molar-refractivity contribution is -0.138. The van der Waals surface area contributed by atoms with Crippen LogP contribution in [0.1, 0.15) is 17.2 Å². The summed E-state index contributed by atoms with van der Waals surface area (Å²) in [5.74, 6) is -0.418. The Labute approximate surface area is 95.2 Å². The second kappa shape index (κ2) is 3.83. The van der Waals surface area contributed by atoms with E-state index in [2.05, 4.69) is 15.9 Å². The first-order valence-corrected chi connectivity index (χ1v) is 5.32. The molecule has 4 nitrogen and oxygen atoms in total. The molecule has 1 atom stereocenters. The number of rotatable bonds is 2. The summed E-state index contributed by atoms with van der Waals surface area (Å²) in [6.45, 7) is 0.588. The molecule has 0 aromatic heterocycles.